The molecule has 27 heavy (non-hydrogen) atoms. The third kappa shape index (κ3) is 6.93. The third-order valence-corrected chi connectivity index (χ3v) is 5.28. The Morgan fingerprint density at radius 1 is 1.33 bits per heavy atom. The number of halogens is 2. The lowest BCUT2D eigenvalue weighted by Gasteiger charge is -2.40. The van der Waals surface area contributed by atoms with Crippen LogP contribution in [0.15, 0.2) is 41.8 Å². The van der Waals surface area contributed by atoms with Crippen molar-refractivity contribution in [3.05, 3.63) is 47.4 Å². The van der Waals surface area contributed by atoms with Crippen LogP contribution >= 0.6 is 0 Å². The largest absolute Gasteiger partial charge is 0.332 e. The van der Waals surface area contributed by atoms with Crippen LogP contribution in [0.5, 0.6) is 0 Å². The highest BCUT2D eigenvalue weighted by Gasteiger charge is 2.33. The summed E-state index contributed by atoms with van der Waals surface area (Å²) >= 11 is 0. The minimum atomic E-state index is -3.27. The van der Waals surface area contributed by atoms with Gasteiger partial charge in [-0.1, -0.05) is 36.4 Å². The Balaban J connectivity index is 2.12. The molecule has 2 rings (SSSR count). The number of nitrogens with one attached hydrogen (secondary N) is 1. The molecule has 1 aromatic carbocycles. The number of amides is 2. The van der Waals surface area contributed by atoms with Gasteiger partial charge in [-0.25, -0.2) is 22.0 Å². The average molecular weight is 400 g/mol. The highest BCUT2D eigenvalue weighted by molar-refractivity contribution is 7.93. The summed E-state index contributed by atoms with van der Waals surface area (Å²) in [6.07, 6.45) is 0.981. The van der Waals surface area contributed by atoms with E-state index in [0.717, 1.165) is 17.2 Å². The normalized spacial score (nSPS) is 22.2. The van der Waals surface area contributed by atoms with E-state index in [0.29, 0.717) is 19.4 Å². The fourth-order valence-electron chi connectivity index (χ4n) is 3.33. The van der Waals surface area contributed by atoms with Gasteiger partial charge in [0.25, 0.3) is 0 Å². The first-order valence-corrected chi connectivity index (χ1v) is 10.9. The maximum Gasteiger partial charge on any atom is 0.318 e. The van der Waals surface area contributed by atoms with Crippen molar-refractivity contribution in [1.82, 2.24) is 10.2 Å². The maximum atomic E-state index is 12.8. The Morgan fingerprint density at radius 3 is 2.59 bits per heavy atom. The van der Waals surface area contributed by atoms with Crippen LogP contribution in [0.1, 0.15) is 37.8 Å². The van der Waals surface area contributed by atoms with E-state index in [1.165, 1.54) is 6.08 Å². The molecule has 1 fully saturated rings. The fraction of sp³-hybridized carbons (Fsp3) is 0.526. The second kappa shape index (κ2) is 9.30. The second-order valence-corrected chi connectivity index (χ2v) is 8.96. The molecular formula is C19H26F2N2O3S. The summed E-state index contributed by atoms with van der Waals surface area (Å²) in [4.78, 5) is 14.4. The topological polar surface area (TPSA) is 66.5 Å². The molecule has 0 radical (unpaired) electrons. The van der Waals surface area contributed by atoms with Crippen molar-refractivity contribution in [2.75, 3.05) is 12.8 Å². The average Bonchev–Trinajstić information content (AvgIpc) is 2.59. The van der Waals surface area contributed by atoms with E-state index in [9.17, 15) is 22.0 Å². The summed E-state index contributed by atoms with van der Waals surface area (Å²) in [5, 5.41) is 3.82. The summed E-state index contributed by atoms with van der Waals surface area (Å²) in [6, 6.07) is 8.29. The molecule has 1 aliphatic rings. The molecular weight excluding hydrogens is 374 g/mol. The molecule has 0 bridgehead atoms. The van der Waals surface area contributed by atoms with Crippen molar-refractivity contribution in [3.8, 4) is 0 Å². The smallest absolute Gasteiger partial charge is 0.318 e. The van der Waals surface area contributed by atoms with Crippen molar-refractivity contribution in [1.29, 1.82) is 0 Å². The zero-order valence-corrected chi connectivity index (χ0v) is 16.3. The molecule has 0 saturated carbocycles. The molecule has 0 spiro atoms. The van der Waals surface area contributed by atoms with E-state index in [1.54, 1.807) is 11.8 Å². The summed E-state index contributed by atoms with van der Waals surface area (Å²) in [5.41, 5.74) is 0.908. The zero-order chi connectivity index (χ0) is 20.0. The van der Waals surface area contributed by atoms with Gasteiger partial charge in [0.15, 0.2) is 9.84 Å². The number of nitrogens with zero attached hydrogens (tertiary/aromatic N) is 1. The Hall–Kier alpha value is -1.96. The molecule has 1 aliphatic heterocycles. The number of carbonyl (C=O) groups excluding carboxylic acids is 1. The second-order valence-electron chi connectivity index (χ2n) is 7.03. The van der Waals surface area contributed by atoms with Gasteiger partial charge in [0.2, 0.25) is 6.43 Å². The van der Waals surface area contributed by atoms with Crippen molar-refractivity contribution in [3.63, 3.8) is 0 Å². The van der Waals surface area contributed by atoms with E-state index >= 15 is 0 Å². The standard InChI is InChI=1S/C19H26F2N2O3S/c1-14(9-11-27(2,25)26)22-19(24)23-10-8-15(13-18(20)21)12-17(23)16-6-4-3-5-7-16/h3-7,9,11,14-15,17-18H,8,10,12-13H2,1-2H3,(H,22,24)/b11-9+/t14-,15-,17+/m0/s1. The predicted octanol–water partition coefficient (Wildman–Crippen LogP) is 3.75. The van der Waals surface area contributed by atoms with Gasteiger partial charge in [0.05, 0.1) is 6.04 Å². The number of rotatable bonds is 6. The van der Waals surface area contributed by atoms with Gasteiger partial charge in [-0.2, -0.15) is 0 Å². The van der Waals surface area contributed by atoms with Crippen LogP contribution < -0.4 is 5.32 Å². The summed E-state index contributed by atoms with van der Waals surface area (Å²) in [5.74, 6) is -0.137. The minimum Gasteiger partial charge on any atom is -0.332 e. The van der Waals surface area contributed by atoms with Gasteiger partial charge >= 0.3 is 6.03 Å². The van der Waals surface area contributed by atoms with Gasteiger partial charge in [-0.15, -0.1) is 0 Å². The van der Waals surface area contributed by atoms with Gasteiger partial charge in [-0.05, 0) is 31.2 Å². The van der Waals surface area contributed by atoms with Gasteiger partial charge < -0.3 is 10.2 Å². The molecule has 1 saturated heterocycles. The van der Waals surface area contributed by atoms with Gasteiger partial charge in [-0.3, -0.25) is 0 Å². The van der Waals surface area contributed by atoms with Crippen LogP contribution in [-0.2, 0) is 9.84 Å². The summed E-state index contributed by atoms with van der Waals surface area (Å²) < 4.78 is 48.0. The van der Waals surface area contributed by atoms with Gasteiger partial charge in [0, 0.05) is 30.7 Å². The lowest BCUT2D eigenvalue weighted by Crippen LogP contribution is -2.48. The van der Waals surface area contributed by atoms with E-state index in [4.69, 9.17) is 0 Å². The summed E-state index contributed by atoms with van der Waals surface area (Å²) in [6.45, 7) is 2.06. The van der Waals surface area contributed by atoms with E-state index in [-0.39, 0.29) is 24.4 Å². The minimum absolute atomic E-state index is 0.137. The quantitative estimate of drug-likeness (QED) is 0.791. The SMILES string of the molecule is C[C@@H](/C=C/S(C)(=O)=O)NC(=O)N1CC[C@H](CC(F)F)C[C@@H]1c1ccccc1. The molecule has 0 aliphatic carbocycles. The van der Waals surface area contributed by atoms with Crippen molar-refractivity contribution in [2.45, 2.75) is 44.7 Å². The number of urea groups is 1. The lowest BCUT2D eigenvalue weighted by atomic mass is 9.85. The first kappa shape index (κ1) is 21.3. The number of hydrogen-bond acceptors (Lipinski definition) is 3. The Bertz CT molecular complexity index is 753. The van der Waals surface area contributed by atoms with Crippen molar-refractivity contribution >= 4 is 15.9 Å². The molecule has 1 N–H and O–H groups in total. The number of alkyl halides is 2. The van der Waals surface area contributed by atoms with E-state index in [1.807, 2.05) is 30.3 Å². The Labute approximate surface area is 159 Å². The molecule has 0 unspecified atom stereocenters. The Kier molecular flexibility index (Phi) is 7.35. The molecule has 0 aromatic heterocycles. The number of carbonyl (C=O) groups is 1. The monoisotopic (exact) mass is 400 g/mol. The summed E-state index contributed by atoms with van der Waals surface area (Å²) in [7, 11) is -3.27. The van der Waals surface area contributed by atoms with E-state index < -0.39 is 22.3 Å². The van der Waals surface area contributed by atoms with Crippen LogP contribution in [0, 0.1) is 5.92 Å². The first-order valence-electron chi connectivity index (χ1n) is 8.94. The number of likely N-dealkylation sites (tertiary alicyclic amines) is 1. The molecule has 1 heterocycles. The fourth-order valence-corrected chi connectivity index (χ4v) is 3.85. The van der Waals surface area contributed by atoms with Gasteiger partial charge in [0.1, 0.15) is 0 Å². The first-order chi connectivity index (χ1) is 12.7. The molecule has 5 nitrogen and oxygen atoms in total. The molecule has 3 atom stereocenters. The number of hydrogen-bond donors (Lipinski definition) is 1. The molecule has 2 amide bonds. The highest BCUT2D eigenvalue weighted by Crippen LogP contribution is 2.36. The number of piperidine rings is 1. The van der Waals surface area contributed by atoms with Crippen molar-refractivity contribution < 1.29 is 22.0 Å². The number of benzene rings is 1. The molecule has 150 valence electrons. The van der Waals surface area contributed by atoms with Crippen LogP contribution in [-0.4, -0.2) is 44.6 Å². The molecule has 1 aromatic rings. The maximum absolute atomic E-state index is 12.8. The van der Waals surface area contributed by atoms with Crippen LogP contribution in [0.3, 0.4) is 0 Å². The third-order valence-electron chi connectivity index (χ3n) is 4.63. The highest BCUT2D eigenvalue weighted by atomic mass is 32.2. The predicted molar refractivity (Wildman–Crippen MR) is 101 cm³/mol. The Morgan fingerprint density at radius 2 is 2.00 bits per heavy atom. The van der Waals surface area contributed by atoms with Crippen molar-refractivity contribution in [2.24, 2.45) is 5.92 Å². The number of sulfone groups is 1. The van der Waals surface area contributed by atoms with Crippen LogP contribution in [0.25, 0.3) is 0 Å². The zero-order valence-electron chi connectivity index (χ0n) is 15.5. The molecule has 8 heteroatoms. The van der Waals surface area contributed by atoms with Crippen LogP contribution in [0.2, 0.25) is 0 Å². The van der Waals surface area contributed by atoms with E-state index in [2.05, 4.69) is 5.32 Å². The lowest BCUT2D eigenvalue weighted by molar-refractivity contribution is 0.0725. The van der Waals surface area contributed by atoms with Crippen LogP contribution in [0.4, 0.5) is 13.6 Å².